The normalized spacial score (nSPS) is 15.4. The summed E-state index contributed by atoms with van der Waals surface area (Å²) in [4.78, 5) is 4.52. The van der Waals surface area contributed by atoms with Crippen LogP contribution < -0.4 is 5.32 Å². The average molecular weight is 409 g/mol. The molecule has 1 N–H and O–H groups in total. The van der Waals surface area contributed by atoms with Crippen LogP contribution in [0.15, 0.2) is 35.4 Å². The zero-order valence-corrected chi connectivity index (χ0v) is 17.3. The molecule has 2 fully saturated rings. The number of nitriles is 2. The van der Waals surface area contributed by atoms with Gasteiger partial charge in [0.1, 0.15) is 28.5 Å². The van der Waals surface area contributed by atoms with Crippen molar-refractivity contribution in [1.82, 2.24) is 4.98 Å². The zero-order chi connectivity index (χ0) is 20.5. The largest absolute Gasteiger partial charge is 0.381 e. The van der Waals surface area contributed by atoms with Crippen LogP contribution >= 0.6 is 11.8 Å². The molecule has 6 nitrogen and oxygen atoms in total. The molecule has 0 bridgehead atoms. The number of ether oxygens (including phenoxy) is 2. The van der Waals surface area contributed by atoms with Gasteiger partial charge in [-0.05, 0) is 18.4 Å². The van der Waals surface area contributed by atoms with Crippen molar-refractivity contribution in [1.29, 1.82) is 10.5 Å². The van der Waals surface area contributed by atoms with Crippen molar-refractivity contribution in [3.63, 3.8) is 0 Å². The number of thioether (sulfide) groups is 1. The summed E-state index contributed by atoms with van der Waals surface area (Å²) in [6, 6.07) is 14.0. The van der Waals surface area contributed by atoms with Gasteiger partial charge in [0.2, 0.25) is 0 Å². The topological polar surface area (TPSA) is 91.0 Å². The maximum absolute atomic E-state index is 9.72. The van der Waals surface area contributed by atoms with Gasteiger partial charge in [0.25, 0.3) is 0 Å². The molecule has 150 valence electrons. The number of aromatic nitrogens is 1. The number of nitrogens with one attached hydrogen (secondary N) is 1. The first-order valence-corrected chi connectivity index (χ1v) is 10.7. The van der Waals surface area contributed by atoms with Crippen LogP contribution in [0.5, 0.6) is 0 Å². The Kier molecular flexibility index (Phi) is 7.89. The summed E-state index contributed by atoms with van der Waals surface area (Å²) < 4.78 is 10.1. The van der Waals surface area contributed by atoms with Crippen LogP contribution in [0.25, 0.3) is 11.1 Å². The maximum Gasteiger partial charge on any atom is 0.145 e. The van der Waals surface area contributed by atoms with Crippen LogP contribution in [0.4, 0.5) is 5.82 Å². The molecule has 0 radical (unpaired) electrons. The molecule has 2 aromatic rings. The Bertz CT molecular complexity index is 890. The Labute approximate surface area is 175 Å². The first-order valence-electron chi connectivity index (χ1n) is 9.68. The van der Waals surface area contributed by atoms with E-state index in [1.807, 2.05) is 30.3 Å². The van der Waals surface area contributed by atoms with Crippen molar-refractivity contribution in [3.05, 3.63) is 41.5 Å². The van der Waals surface area contributed by atoms with Crippen molar-refractivity contribution in [3.8, 4) is 23.3 Å². The molecule has 1 aromatic heterocycles. The highest BCUT2D eigenvalue weighted by Gasteiger charge is 2.24. The lowest BCUT2D eigenvalue weighted by Crippen LogP contribution is -2.29. The van der Waals surface area contributed by atoms with Crippen molar-refractivity contribution in [2.24, 2.45) is 5.92 Å². The molecule has 29 heavy (non-hydrogen) atoms. The Balaban J connectivity index is 0.000000419. The number of pyridine rings is 1. The zero-order valence-electron chi connectivity index (χ0n) is 16.5. The second-order valence-electron chi connectivity index (χ2n) is 6.76. The van der Waals surface area contributed by atoms with Crippen molar-refractivity contribution < 1.29 is 9.47 Å². The molecule has 2 aliphatic heterocycles. The van der Waals surface area contributed by atoms with E-state index >= 15 is 0 Å². The summed E-state index contributed by atoms with van der Waals surface area (Å²) in [5, 5.41) is 23.0. The lowest BCUT2D eigenvalue weighted by molar-refractivity contribution is -0.0196. The third-order valence-corrected chi connectivity index (χ3v) is 5.88. The molecule has 1 aromatic carbocycles. The highest BCUT2D eigenvalue weighted by molar-refractivity contribution is 7.99. The Morgan fingerprint density at radius 1 is 1.07 bits per heavy atom. The summed E-state index contributed by atoms with van der Waals surface area (Å²) in [5.74, 6) is 1.85. The fourth-order valence-electron chi connectivity index (χ4n) is 3.04. The van der Waals surface area contributed by atoms with Gasteiger partial charge in [-0.15, -0.1) is 11.8 Å². The van der Waals surface area contributed by atoms with Crippen LogP contribution in [0.2, 0.25) is 0 Å². The predicted molar refractivity (Wildman–Crippen MR) is 114 cm³/mol. The van der Waals surface area contributed by atoms with E-state index in [-0.39, 0.29) is 0 Å². The summed E-state index contributed by atoms with van der Waals surface area (Å²) >= 11 is 1.55. The Morgan fingerprint density at radius 3 is 2.24 bits per heavy atom. The van der Waals surface area contributed by atoms with E-state index in [0.717, 1.165) is 37.7 Å². The van der Waals surface area contributed by atoms with Gasteiger partial charge < -0.3 is 14.8 Å². The quantitative estimate of drug-likeness (QED) is 0.746. The van der Waals surface area contributed by atoms with Gasteiger partial charge >= 0.3 is 0 Å². The summed E-state index contributed by atoms with van der Waals surface area (Å²) in [6.07, 6.45) is 2.56. The maximum atomic E-state index is 9.72. The number of nitrogens with zero attached hydrogens (tertiary/aromatic N) is 3. The van der Waals surface area contributed by atoms with Crippen LogP contribution in [-0.4, -0.2) is 44.2 Å². The first-order chi connectivity index (χ1) is 14.3. The van der Waals surface area contributed by atoms with E-state index in [2.05, 4.69) is 22.4 Å². The third kappa shape index (κ3) is 5.27. The van der Waals surface area contributed by atoms with Crippen LogP contribution in [-0.2, 0) is 9.47 Å². The number of hydrogen-bond acceptors (Lipinski definition) is 7. The van der Waals surface area contributed by atoms with E-state index in [0.29, 0.717) is 33.5 Å². The molecule has 0 unspecified atom stereocenters. The molecule has 0 atom stereocenters. The summed E-state index contributed by atoms with van der Waals surface area (Å²) in [6.45, 7) is 3.52. The standard InChI is InChI=1S/C18H16N4OS.C4H8O/c1-21-17-14(7-19)16(13-5-3-2-4-6-13)15(8-20)18(22-17)24-11-12-9-23-10-12;1-2-4-5-3-1/h2-6,12H,9-11H2,1H3,(H,21,22);1-4H2. The monoisotopic (exact) mass is 408 g/mol. The molecule has 3 heterocycles. The lowest BCUT2D eigenvalue weighted by atomic mass is 9.97. The molecule has 0 spiro atoms. The molecule has 0 aliphatic carbocycles. The van der Waals surface area contributed by atoms with Gasteiger partial charge in [-0.1, -0.05) is 30.3 Å². The summed E-state index contributed by atoms with van der Waals surface area (Å²) in [7, 11) is 1.73. The Hall–Kier alpha value is -2.58. The molecule has 4 rings (SSSR count). The van der Waals surface area contributed by atoms with Gasteiger partial charge in [-0.2, -0.15) is 10.5 Å². The average Bonchev–Trinajstić information content (AvgIpc) is 3.32. The number of rotatable bonds is 5. The predicted octanol–water partition coefficient (Wildman–Crippen LogP) is 4.07. The molecule has 0 saturated carbocycles. The minimum atomic E-state index is 0.400. The number of anilines is 1. The minimum Gasteiger partial charge on any atom is -0.381 e. The van der Waals surface area contributed by atoms with Crippen molar-refractivity contribution >= 4 is 17.6 Å². The first kappa shape index (κ1) is 21.1. The van der Waals surface area contributed by atoms with E-state index in [1.54, 1.807) is 18.8 Å². The van der Waals surface area contributed by atoms with Gasteiger partial charge in [0.15, 0.2) is 0 Å². The van der Waals surface area contributed by atoms with Crippen LogP contribution in [0, 0.1) is 28.6 Å². The Morgan fingerprint density at radius 2 is 1.76 bits per heavy atom. The third-order valence-electron chi connectivity index (χ3n) is 4.68. The van der Waals surface area contributed by atoms with Crippen molar-refractivity contribution in [2.45, 2.75) is 17.9 Å². The second kappa shape index (κ2) is 10.8. The fourth-order valence-corrected chi connectivity index (χ4v) is 4.08. The fraction of sp³-hybridized carbons (Fsp3) is 0.409. The van der Waals surface area contributed by atoms with Gasteiger partial charge in [0.05, 0.1) is 18.8 Å². The van der Waals surface area contributed by atoms with E-state index in [4.69, 9.17) is 9.47 Å². The van der Waals surface area contributed by atoms with Crippen molar-refractivity contribution in [2.75, 3.05) is 44.5 Å². The van der Waals surface area contributed by atoms with Gasteiger partial charge in [-0.3, -0.25) is 0 Å². The highest BCUT2D eigenvalue weighted by atomic mass is 32.2. The molecular formula is C22H24N4O2S. The van der Waals surface area contributed by atoms with Gasteiger partial charge in [-0.25, -0.2) is 4.98 Å². The smallest absolute Gasteiger partial charge is 0.145 e. The molecular weight excluding hydrogens is 384 g/mol. The van der Waals surface area contributed by atoms with Gasteiger partial charge in [0, 0.05) is 37.5 Å². The molecule has 2 saturated heterocycles. The highest BCUT2D eigenvalue weighted by Crippen LogP contribution is 2.37. The molecule has 2 aliphatic rings. The van der Waals surface area contributed by atoms with E-state index in [9.17, 15) is 10.5 Å². The molecule has 0 amide bonds. The summed E-state index contributed by atoms with van der Waals surface area (Å²) in [5.41, 5.74) is 2.35. The second-order valence-corrected chi connectivity index (χ2v) is 7.77. The molecule has 7 heteroatoms. The minimum absolute atomic E-state index is 0.400. The van der Waals surface area contributed by atoms with E-state index in [1.165, 1.54) is 12.8 Å². The van der Waals surface area contributed by atoms with Crippen LogP contribution in [0.3, 0.4) is 0 Å². The SMILES string of the molecule is C1CCOC1.CNc1nc(SCC2COC2)c(C#N)c(-c2ccccc2)c1C#N. The number of hydrogen-bond donors (Lipinski definition) is 1. The van der Waals surface area contributed by atoms with E-state index < -0.39 is 0 Å². The number of benzene rings is 1. The van der Waals surface area contributed by atoms with Crippen LogP contribution in [0.1, 0.15) is 24.0 Å². The lowest BCUT2D eigenvalue weighted by Gasteiger charge is -2.25.